The minimum Gasteiger partial charge on any atom is -0.439 e. The lowest BCUT2D eigenvalue weighted by molar-refractivity contribution is -0.131. The van der Waals surface area contributed by atoms with Gasteiger partial charge in [0.2, 0.25) is 11.8 Å². The van der Waals surface area contributed by atoms with Gasteiger partial charge in [0.25, 0.3) is 11.8 Å². The first-order valence-corrected chi connectivity index (χ1v) is 12.2. The van der Waals surface area contributed by atoms with E-state index in [4.69, 9.17) is 16.3 Å². The highest BCUT2D eigenvalue weighted by Crippen LogP contribution is 2.23. The Bertz CT molecular complexity index is 1360. The average Bonchev–Trinajstić information content (AvgIpc) is 2.92. The number of aromatic nitrogens is 1. The van der Waals surface area contributed by atoms with E-state index in [1.807, 2.05) is 12.1 Å². The molecule has 0 saturated heterocycles. The van der Waals surface area contributed by atoms with Gasteiger partial charge in [-0.3, -0.25) is 14.4 Å². The third-order valence-electron chi connectivity index (χ3n) is 5.64. The molecule has 10 nitrogen and oxygen atoms in total. The van der Waals surface area contributed by atoms with Crippen molar-refractivity contribution in [1.82, 2.24) is 25.4 Å². The Morgan fingerprint density at radius 2 is 1.82 bits per heavy atom. The van der Waals surface area contributed by atoms with Crippen molar-refractivity contribution in [1.29, 1.82) is 0 Å². The third kappa shape index (κ3) is 7.45. The van der Waals surface area contributed by atoms with Crippen LogP contribution in [0.2, 0.25) is 5.02 Å². The molecule has 3 amide bonds. The molecule has 0 aliphatic carbocycles. The van der Waals surface area contributed by atoms with E-state index < -0.39 is 23.9 Å². The molecule has 1 aliphatic heterocycles. The van der Waals surface area contributed by atoms with Crippen LogP contribution in [-0.4, -0.2) is 59.4 Å². The van der Waals surface area contributed by atoms with E-state index in [0.29, 0.717) is 23.0 Å². The number of hydrogen-bond donors (Lipinski definition) is 3. The summed E-state index contributed by atoms with van der Waals surface area (Å²) in [5.41, 5.74) is 1.40. The molecule has 2 aromatic carbocycles. The van der Waals surface area contributed by atoms with Crippen LogP contribution in [0.5, 0.6) is 11.6 Å². The van der Waals surface area contributed by atoms with Crippen molar-refractivity contribution in [3.8, 4) is 11.6 Å². The zero-order chi connectivity index (χ0) is 27.9. The predicted octanol–water partition coefficient (Wildman–Crippen LogP) is 3.08. The molecule has 3 aromatic rings. The van der Waals surface area contributed by atoms with E-state index in [1.165, 1.54) is 23.2 Å². The second-order valence-electron chi connectivity index (χ2n) is 8.77. The summed E-state index contributed by atoms with van der Waals surface area (Å²) < 4.78 is 18.7. The van der Waals surface area contributed by atoms with Gasteiger partial charge in [-0.1, -0.05) is 23.7 Å². The highest BCUT2D eigenvalue weighted by atomic mass is 35.5. The third-order valence-corrected chi connectivity index (χ3v) is 5.89. The molecule has 0 bridgehead atoms. The molecule has 1 aromatic heterocycles. The SMILES string of the molecule is CN(C)C(=O)CNC(=O)C1=CN(Cc2ccc(Cl)cc2)C(Nc2ccc(Oc3ccc(F)cn3)cc2)NC1=O. The quantitative estimate of drug-likeness (QED) is 0.349. The van der Waals surface area contributed by atoms with Crippen molar-refractivity contribution in [3.05, 3.63) is 95.0 Å². The number of nitrogens with zero attached hydrogens (tertiary/aromatic N) is 3. The van der Waals surface area contributed by atoms with Gasteiger partial charge in [-0.25, -0.2) is 9.37 Å². The van der Waals surface area contributed by atoms with Crippen LogP contribution in [0, 0.1) is 5.82 Å². The van der Waals surface area contributed by atoms with Crippen molar-refractivity contribution in [2.45, 2.75) is 12.8 Å². The normalized spacial score (nSPS) is 14.7. The van der Waals surface area contributed by atoms with Gasteiger partial charge in [-0.2, -0.15) is 0 Å². The summed E-state index contributed by atoms with van der Waals surface area (Å²) in [6.07, 6.45) is 1.81. The number of anilines is 1. The lowest BCUT2D eigenvalue weighted by atomic mass is 10.1. The molecule has 0 spiro atoms. The Hall–Kier alpha value is -4.64. The Balaban J connectivity index is 1.50. The number of amides is 3. The lowest BCUT2D eigenvalue weighted by Crippen LogP contribution is -2.56. The van der Waals surface area contributed by atoms with Gasteiger partial charge < -0.3 is 30.5 Å². The largest absolute Gasteiger partial charge is 0.439 e. The van der Waals surface area contributed by atoms with Crippen molar-refractivity contribution in [2.75, 3.05) is 26.0 Å². The molecule has 2 heterocycles. The van der Waals surface area contributed by atoms with E-state index in [0.717, 1.165) is 11.8 Å². The molecule has 3 N–H and O–H groups in total. The van der Waals surface area contributed by atoms with Crippen molar-refractivity contribution >= 4 is 35.0 Å². The molecule has 202 valence electrons. The van der Waals surface area contributed by atoms with Crippen LogP contribution in [0.1, 0.15) is 5.56 Å². The zero-order valence-electron chi connectivity index (χ0n) is 21.2. The summed E-state index contributed by atoms with van der Waals surface area (Å²) in [5, 5.41) is 9.09. The summed E-state index contributed by atoms with van der Waals surface area (Å²) in [5.74, 6) is -1.31. The van der Waals surface area contributed by atoms with Gasteiger partial charge in [0.15, 0.2) is 6.29 Å². The van der Waals surface area contributed by atoms with E-state index in [1.54, 1.807) is 55.4 Å². The van der Waals surface area contributed by atoms with E-state index >= 15 is 0 Å². The number of benzene rings is 2. The fourth-order valence-corrected chi connectivity index (χ4v) is 3.66. The number of pyridine rings is 1. The van der Waals surface area contributed by atoms with Crippen LogP contribution in [0.3, 0.4) is 0 Å². The monoisotopic (exact) mass is 552 g/mol. The summed E-state index contributed by atoms with van der Waals surface area (Å²) in [4.78, 5) is 44.4. The number of rotatable bonds is 9. The van der Waals surface area contributed by atoms with E-state index in [2.05, 4.69) is 20.9 Å². The van der Waals surface area contributed by atoms with Gasteiger partial charge in [0.1, 0.15) is 17.1 Å². The van der Waals surface area contributed by atoms with Crippen LogP contribution in [0.25, 0.3) is 0 Å². The van der Waals surface area contributed by atoms with Gasteiger partial charge in [-0.05, 0) is 48.0 Å². The summed E-state index contributed by atoms with van der Waals surface area (Å²) >= 11 is 6.02. The topological polar surface area (TPSA) is 116 Å². The molecular weight excluding hydrogens is 527 g/mol. The molecule has 1 unspecified atom stereocenters. The standard InChI is InChI=1S/C27H26ClFN6O4/c1-34(2)24(36)14-31-25(37)22-16-35(15-17-3-5-18(28)6-4-17)27(33-26(22)38)32-20-8-10-21(11-9-20)39-23-12-7-19(29)13-30-23/h3-13,16,27,32H,14-15H2,1-2H3,(H,31,37)(H,33,38). The molecule has 0 saturated carbocycles. The first-order valence-electron chi connectivity index (χ1n) is 11.8. The van der Waals surface area contributed by atoms with Crippen molar-refractivity contribution in [2.24, 2.45) is 0 Å². The molecule has 4 rings (SSSR count). The molecule has 0 fully saturated rings. The maximum atomic E-state index is 13.1. The van der Waals surface area contributed by atoms with Gasteiger partial charge in [0, 0.05) is 43.6 Å². The molecule has 12 heteroatoms. The first kappa shape index (κ1) is 27.4. The highest BCUT2D eigenvalue weighted by Gasteiger charge is 2.30. The molecule has 1 aliphatic rings. The van der Waals surface area contributed by atoms with Gasteiger partial charge in [0.05, 0.1) is 12.7 Å². The minimum absolute atomic E-state index is 0.135. The number of carbonyl (C=O) groups is 3. The molecule has 0 radical (unpaired) electrons. The maximum Gasteiger partial charge on any atom is 0.261 e. The molecule has 1 atom stereocenters. The number of ether oxygens (including phenoxy) is 1. The minimum atomic E-state index is -0.710. The number of halogens is 2. The summed E-state index contributed by atoms with van der Waals surface area (Å²) in [7, 11) is 3.15. The molecular formula is C27H26ClFN6O4. The fourth-order valence-electron chi connectivity index (χ4n) is 3.53. The number of nitrogens with one attached hydrogen (secondary N) is 3. The van der Waals surface area contributed by atoms with Crippen LogP contribution >= 0.6 is 11.6 Å². The van der Waals surface area contributed by atoms with Crippen LogP contribution in [0.4, 0.5) is 10.1 Å². The fraction of sp³-hybridized carbons (Fsp3) is 0.185. The lowest BCUT2D eigenvalue weighted by Gasteiger charge is -2.36. The Kier molecular flexibility index (Phi) is 8.62. The molecule has 39 heavy (non-hydrogen) atoms. The zero-order valence-corrected chi connectivity index (χ0v) is 21.9. The number of likely N-dealkylation sites (N-methyl/N-ethyl adjacent to an activating group) is 1. The second kappa shape index (κ2) is 12.3. The van der Waals surface area contributed by atoms with E-state index in [9.17, 15) is 18.8 Å². The Labute approximate surface area is 229 Å². The maximum absolute atomic E-state index is 13.1. The average molecular weight is 553 g/mol. The van der Waals surface area contributed by atoms with Crippen LogP contribution in [-0.2, 0) is 20.9 Å². The van der Waals surface area contributed by atoms with Crippen molar-refractivity contribution in [3.63, 3.8) is 0 Å². The van der Waals surface area contributed by atoms with Gasteiger partial charge >= 0.3 is 0 Å². The predicted molar refractivity (Wildman–Crippen MR) is 143 cm³/mol. The Morgan fingerprint density at radius 1 is 1.10 bits per heavy atom. The van der Waals surface area contributed by atoms with Crippen LogP contribution in [0.15, 0.2) is 78.6 Å². The van der Waals surface area contributed by atoms with Gasteiger partial charge in [-0.15, -0.1) is 0 Å². The number of hydrogen-bond acceptors (Lipinski definition) is 7. The van der Waals surface area contributed by atoms with Crippen LogP contribution < -0.4 is 20.7 Å². The van der Waals surface area contributed by atoms with E-state index in [-0.39, 0.29) is 23.9 Å². The smallest absolute Gasteiger partial charge is 0.261 e. The summed E-state index contributed by atoms with van der Waals surface area (Å²) in [6.45, 7) is 0.0944. The second-order valence-corrected chi connectivity index (χ2v) is 9.21. The highest BCUT2D eigenvalue weighted by molar-refractivity contribution is 6.30. The first-order chi connectivity index (χ1) is 18.7. The Morgan fingerprint density at radius 3 is 2.46 bits per heavy atom. The number of carbonyl (C=O) groups excluding carboxylic acids is 3. The van der Waals surface area contributed by atoms with Crippen molar-refractivity contribution < 1.29 is 23.5 Å². The summed E-state index contributed by atoms with van der Waals surface area (Å²) in [6, 6.07) is 16.7.